The Bertz CT molecular complexity index is 302. The van der Waals surface area contributed by atoms with Gasteiger partial charge in [0.25, 0.3) is 0 Å². The van der Waals surface area contributed by atoms with Crippen molar-refractivity contribution in [3.63, 3.8) is 0 Å². The van der Waals surface area contributed by atoms with Gasteiger partial charge in [0.1, 0.15) is 0 Å². The Morgan fingerprint density at radius 2 is 1.25 bits per heavy atom. The Labute approximate surface area is 150 Å². The van der Waals surface area contributed by atoms with Crippen LogP contribution >= 0.6 is 0 Å². The Morgan fingerprint density at radius 1 is 0.792 bits per heavy atom. The first kappa shape index (κ1) is 23.2. The monoisotopic (exact) mass is 339 g/mol. The molecule has 0 rings (SSSR count). The maximum Gasteiger partial charge on any atom is 0.317 e. The molecule has 0 aliphatic carbocycles. The zero-order chi connectivity index (χ0) is 17.9. The van der Waals surface area contributed by atoms with Crippen LogP contribution in [0.5, 0.6) is 0 Å². The van der Waals surface area contributed by atoms with Crippen molar-refractivity contribution in [3.8, 4) is 0 Å². The van der Waals surface area contributed by atoms with Crippen LogP contribution in [0.4, 0.5) is 0 Å². The maximum absolute atomic E-state index is 10.5. The number of hydrogen-bond donors (Lipinski definition) is 1. The molecule has 0 atom stereocenters. The van der Waals surface area contributed by atoms with Crippen LogP contribution in [0.15, 0.2) is 12.2 Å². The van der Waals surface area contributed by atoms with Gasteiger partial charge in [0.15, 0.2) is 0 Å². The van der Waals surface area contributed by atoms with Gasteiger partial charge in [-0.25, -0.2) is 0 Å². The SMILES string of the molecule is CCCCCCCC/C=C\CCCCCCCCN(C)CC(=O)O. The summed E-state index contributed by atoms with van der Waals surface area (Å²) in [6.45, 7) is 3.32. The highest BCUT2D eigenvalue weighted by atomic mass is 16.4. The van der Waals surface area contributed by atoms with E-state index in [-0.39, 0.29) is 6.54 Å². The summed E-state index contributed by atoms with van der Waals surface area (Å²) in [7, 11) is 1.88. The minimum Gasteiger partial charge on any atom is -0.480 e. The van der Waals surface area contributed by atoms with Crippen molar-refractivity contribution in [3.05, 3.63) is 12.2 Å². The number of carboxylic acid groups (broad SMARTS) is 1. The number of likely N-dealkylation sites (N-methyl/N-ethyl adjacent to an activating group) is 1. The van der Waals surface area contributed by atoms with E-state index in [9.17, 15) is 4.79 Å². The fourth-order valence-corrected chi connectivity index (χ4v) is 2.94. The van der Waals surface area contributed by atoms with E-state index in [2.05, 4.69) is 19.1 Å². The van der Waals surface area contributed by atoms with Gasteiger partial charge in [-0.3, -0.25) is 9.69 Å². The van der Waals surface area contributed by atoms with Crippen molar-refractivity contribution in [2.24, 2.45) is 0 Å². The summed E-state index contributed by atoms with van der Waals surface area (Å²) in [6, 6.07) is 0. The van der Waals surface area contributed by atoms with Gasteiger partial charge in [-0.1, -0.05) is 76.9 Å². The minimum atomic E-state index is -0.734. The van der Waals surface area contributed by atoms with Crippen molar-refractivity contribution in [2.45, 2.75) is 96.8 Å². The van der Waals surface area contributed by atoms with Gasteiger partial charge in [0, 0.05) is 0 Å². The number of carboxylic acids is 1. The smallest absolute Gasteiger partial charge is 0.317 e. The van der Waals surface area contributed by atoms with Crippen LogP contribution < -0.4 is 0 Å². The largest absolute Gasteiger partial charge is 0.480 e. The van der Waals surface area contributed by atoms with Gasteiger partial charge in [-0.05, 0) is 45.7 Å². The lowest BCUT2D eigenvalue weighted by atomic mass is 10.1. The molecule has 0 aromatic carbocycles. The molecule has 0 aliphatic rings. The Morgan fingerprint density at radius 3 is 1.75 bits per heavy atom. The molecule has 3 heteroatoms. The molecule has 0 saturated heterocycles. The molecule has 1 N–H and O–H groups in total. The fraction of sp³-hybridized carbons (Fsp3) is 0.857. The summed E-state index contributed by atoms with van der Waals surface area (Å²) < 4.78 is 0. The first-order valence-electron chi connectivity index (χ1n) is 10.2. The predicted molar refractivity (Wildman–Crippen MR) is 105 cm³/mol. The quantitative estimate of drug-likeness (QED) is 0.244. The van der Waals surface area contributed by atoms with E-state index in [1.807, 2.05) is 11.9 Å². The van der Waals surface area contributed by atoms with Crippen molar-refractivity contribution in [1.82, 2.24) is 4.90 Å². The van der Waals surface area contributed by atoms with Gasteiger partial charge >= 0.3 is 5.97 Å². The zero-order valence-electron chi connectivity index (χ0n) is 16.3. The molecule has 142 valence electrons. The van der Waals surface area contributed by atoms with E-state index in [0.717, 1.165) is 13.0 Å². The lowest BCUT2D eigenvalue weighted by Crippen LogP contribution is -2.26. The topological polar surface area (TPSA) is 40.5 Å². The molecular formula is C21H41NO2. The number of allylic oxidation sites excluding steroid dienone is 2. The molecule has 0 aromatic heterocycles. The predicted octanol–water partition coefficient (Wildman–Crippen LogP) is 6.04. The number of unbranched alkanes of at least 4 members (excludes halogenated alkanes) is 12. The van der Waals surface area contributed by atoms with Gasteiger partial charge in [0.05, 0.1) is 6.54 Å². The van der Waals surface area contributed by atoms with Crippen molar-refractivity contribution in [2.75, 3.05) is 20.1 Å². The van der Waals surface area contributed by atoms with Crippen LogP contribution in [0.2, 0.25) is 0 Å². The van der Waals surface area contributed by atoms with Crippen molar-refractivity contribution >= 4 is 5.97 Å². The van der Waals surface area contributed by atoms with Gasteiger partial charge in [-0.15, -0.1) is 0 Å². The first-order valence-corrected chi connectivity index (χ1v) is 10.2. The van der Waals surface area contributed by atoms with Crippen molar-refractivity contribution < 1.29 is 9.90 Å². The highest BCUT2D eigenvalue weighted by Crippen LogP contribution is 2.10. The molecule has 0 unspecified atom stereocenters. The van der Waals surface area contributed by atoms with E-state index in [4.69, 9.17) is 5.11 Å². The van der Waals surface area contributed by atoms with E-state index < -0.39 is 5.97 Å². The number of aliphatic carboxylic acids is 1. The average Bonchev–Trinajstić information content (AvgIpc) is 2.53. The lowest BCUT2D eigenvalue weighted by molar-refractivity contribution is -0.137. The van der Waals surface area contributed by atoms with Gasteiger partial charge in [-0.2, -0.15) is 0 Å². The molecule has 24 heavy (non-hydrogen) atoms. The van der Waals surface area contributed by atoms with E-state index in [0.29, 0.717) is 0 Å². The van der Waals surface area contributed by atoms with Crippen LogP contribution in [-0.2, 0) is 4.79 Å². The molecule has 0 fully saturated rings. The number of nitrogens with zero attached hydrogens (tertiary/aromatic N) is 1. The number of rotatable bonds is 18. The molecule has 0 amide bonds. The van der Waals surface area contributed by atoms with E-state index >= 15 is 0 Å². The van der Waals surface area contributed by atoms with Crippen LogP contribution in [-0.4, -0.2) is 36.1 Å². The van der Waals surface area contributed by atoms with Crippen LogP contribution in [0.25, 0.3) is 0 Å². The summed E-state index contributed by atoms with van der Waals surface area (Å²) >= 11 is 0. The second-order valence-electron chi connectivity index (χ2n) is 7.07. The molecular weight excluding hydrogens is 298 g/mol. The molecule has 3 nitrogen and oxygen atoms in total. The number of hydrogen-bond acceptors (Lipinski definition) is 2. The van der Waals surface area contributed by atoms with Crippen molar-refractivity contribution in [1.29, 1.82) is 0 Å². The standard InChI is InChI=1S/C21H41NO2/c1-3-4-5-6-7-8-9-10-11-12-13-14-15-16-17-18-19-22(2)20-21(23)24/h10-11H,3-9,12-20H2,1-2H3,(H,23,24)/b11-10-. The van der Waals surface area contributed by atoms with Gasteiger partial charge in [0.2, 0.25) is 0 Å². The maximum atomic E-state index is 10.5. The Hall–Kier alpha value is -0.830. The lowest BCUT2D eigenvalue weighted by Gasteiger charge is -2.13. The molecule has 0 aliphatic heterocycles. The highest BCUT2D eigenvalue weighted by Gasteiger charge is 2.02. The molecule has 0 bridgehead atoms. The third kappa shape index (κ3) is 19.2. The third-order valence-electron chi connectivity index (χ3n) is 4.46. The second kappa shape index (κ2) is 18.5. The molecule has 0 aromatic rings. The summed E-state index contributed by atoms with van der Waals surface area (Å²) in [6.07, 6.45) is 23.1. The van der Waals surface area contributed by atoms with Crippen LogP contribution in [0.3, 0.4) is 0 Å². The average molecular weight is 340 g/mol. The third-order valence-corrected chi connectivity index (χ3v) is 4.46. The summed E-state index contributed by atoms with van der Waals surface area (Å²) in [5.41, 5.74) is 0. The Balaban J connectivity index is 3.16. The van der Waals surface area contributed by atoms with Crippen LogP contribution in [0.1, 0.15) is 96.8 Å². The Kier molecular flexibility index (Phi) is 17.9. The van der Waals surface area contributed by atoms with E-state index in [1.165, 1.54) is 83.5 Å². The normalized spacial score (nSPS) is 11.6. The fourth-order valence-electron chi connectivity index (χ4n) is 2.94. The molecule has 0 spiro atoms. The minimum absolute atomic E-state index is 0.158. The van der Waals surface area contributed by atoms with Crippen LogP contribution in [0, 0.1) is 0 Å². The first-order chi connectivity index (χ1) is 11.7. The van der Waals surface area contributed by atoms with Gasteiger partial charge < -0.3 is 5.11 Å². The molecule has 0 saturated carbocycles. The summed E-state index contributed by atoms with van der Waals surface area (Å²) in [5.74, 6) is -0.734. The van der Waals surface area contributed by atoms with E-state index in [1.54, 1.807) is 0 Å². The summed E-state index contributed by atoms with van der Waals surface area (Å²) in [4.78, 5) is 12.4. The molecule has 0 heterocycles. The molecule has 0 radical (unpaired) electrons. The highest BCUT2D eigenvalue weighted by molar-refractivity contribution is 5.68. The second-order valence-corrected chi connectivity index (χ2v) is 7.07. The number of carbonyl (C=O) groups is 1. The summed E-state index contributed by atoms with van der Waals surface area (Å²) in [5, 5.41) is 8.67. The zero-order valence-corrected chi connectivity index (χ0v) is 16.3.